The van der Waals surface area contributed by atoms with E-state index < -0.39 is 0 Å². The number of nitrogens with one attached hydrogen (secondary N) is 1. The standard InChI is InChI=1S/C16H29N3O/c1-7-19(8-9-20-6)15-13(2)10-14(11-17-15)12-18-16(3,4)5/h10-11,18H,7-9,12H2,1-6H3. The quantitative estimate of drug-likeness (QED) is 0.833. The van der Waals surface area contributed by atoms with Crippen molar-refractivity contribution in [1.29, 1.82) is 0 Å². The van der Waals surface area contributed by atoms with E-state index in [9.17, 15) is 0 Å². The van der Waals surface area contributed by atoms with Gasteiger partial charge in [-0.15, -0.1) is 0 Å². The summed E-state index contributed by atoms with van der Waals surface area (Å²) in [5, 5.41) is 3.49. The molecule has 0 unspecified atom stereocenters. The molecule has 1 aromatic heterocycles. The van der Waals surface area contributed by atoms with Crippen LogP contribution in [0.25, 0.3) is 0 Å². The molecule has 0 radical (unpaired) electrons. The number of nitrogens with zero attached hydrogens (tertiary/aromatic N) is 2. The SMILES string of the molecule is CCN(CCOC)c1ncc(CNC(C)(C)C)cc1C. The molecule has 0 aliphatic heterocycles. The Hall–Kier alpha value is -1.13. The smallest absolute Gasteiger partial charge is 0.131 e. The van der Waals surface area contributed by atoms with Gasteiger partial charge in [-0.1, -0.05) is 0 Å². The van der Waals surface area contributed by atoms with Gasteiger partial charge in [0.25, 0.3) is 0 Å². The first-order valence-corrected chi connectivity index (χ1v) is 7.32. The van der Waals surface area contributed by atoms with E-state index in [1.54, 1.807) is 7.11 Å². The van der Waals surface area contributed by atoms with Crippen molar-refractivity contribution in [3.63, 3.8) is 0 Å². The summed E-state index contributed by atoms with van der Waals surface area (Å²) in [6.07, 6.45) is 1.97. The number of likely N-dealkylation sites (N-methyl/N-ethyl adjacent to an activating group) is 1. The topological polar surface area (TPSA) is 37.4 Å². The van der Waals surface area contributed by atoms with Crippen LogP contribution in [-0.4, -0.2) is 37.3 Å². The van der Waals surface area contributed by atoms with Gasteiger partial charge >= 0.3 is 0 Å². The van der Waals surface area contributed by atoms with Gasteiger partial charge in [0.15, 0.2) is 0 Å². The van der Waals surface area contributed by atoms with Crippen molar-refractivity contribution in [2.45, 2.75) is 46.7 Å². The lowest BCUT2D eigenvalue weighted by atomic mass is 10.1. The van der Waals surface area contributed by atoms with Gasteiger partial charge in [0, 0.05) is 38.5 Å². The molecule has 1 aromatic rings. The minimum Gasteiger partial charge on any atom is -0.383 e. The van der Waals surface area contributed by atoms with Gasteiger partial charge in [0.2, 0.25) is 0 Å². The first kappa shape index (κ1) is 16.9. The van der Waals surface area contributed by atoms with Crippen molar-refractivity contribution in [3.05, 3.63) is 23.4 Å². The Kier molecular flexibility index (Phi) is 6.43. The van der Waals surface area contributed by atoms with Crippen LogP contribution in [-0.2, 0) is 11.3 Å². The lowest BCUT2D eigenvalue weighted by Gasteiger charge is -2.24. The molecule has 0 fully saturated rings. The van der Waals surface area contributed by atoms with Crippen LogP contribution in [0.3, 0.4) is 0 Å². The highest BCUT2D eigenvalue weighted by molar-refractivity contribution is 5.47. The molecule has 0 saturated carbocycles. The zero-order valence-corrected chi connectivity index (χ0v) is 13.8. The Morgan fingerprint density at radius 1 is 1.35 bits per heavy atom. The first-order valence-electron chi connectivity index (χ1n) is 7.32. The van der Waals surface area contributed by atoms with Crippen molar-refractivity contribution < 1.29 is 4.74 Å². The normalized spacial score (nSPS) is 11.7. The average Bonchev–Trinajstić information content (AvgIpc) is 2.38. The maximum absolute atomic E-state index is 5.16. The van der Waals surface area contributed by atoms with Gasteiger partial charge in [0.05, 0.1) is 6.61 Å². The number of aromatic nitrogens is 1. The Bertz CT molecular complexity index is 413. The average molecular weight is 279 g/mol. The van der Waals surface area contributed by atoms with Crippen LogP contribution >= 0.6 is 0 Å². The Balaban J connectivity index is 2.76. The van der Waals surface area contributed by atoms with Crippen molar-refractivity contribution >= 4 is 5.82 Å². The number of hydrogen-bond donors (Lipinski definition) is 1. The molecular formula is C16H29N3O. The molecule has 0 atom stereocenters. The Morgan fingerprint density at radius 3 is 2.55 bits per heavy atom. The third kappa shape index (κ3) is 5.47. The number of methoxy groups -OCH3 is 1. The van der Waals surface area contributed by atoms with E-state index >= 15 is 0 Å². The van der Waals surface area contributed by atoms with E-state index in [1.807, 2.05) is 6.20 Å². The maximum Gasteiger partial charge on any atom is 0.131 e. The van der Waals surface area contributed by atoms with E-state index in [-0.39, 0.29) is 5.54 Å². The molecule has 0 saturated heterocycles. The van der Waals surface area contributed by atoms with Crippen LogP contribution in [0.5, 0.6) is 0 Å². The van der Waals surface area contributed by atoms with Crippen LogP contribution in [0.2, 0.25) is 0 Å². The van der Waals surface area contributed by atoms with Crippen LogP contribution < -0.4 is 10.2 Å². The van der Waals surface area contributed by atoms with Gasteiger partial charge in [-0.3, -0.25) is 0 Å². The number of ether oxygens (including phenoxy) is 1. The lowest BCUT2D eigenvalue weighted by Crippen LogP contribution is -2.35. The van der Waals surface area contributed by atoms with Crippen LogP contribution in [0.4, 0.5) is 5.82 Å². The molecule has 0 spiro atoms. The minimum absolute atomic E-state index is 0.125. The monoisotopic (exact) mass is 279 g/mol. The highest BCUT2D eigenvalue weighted by Gasteiger charge is 2.11. The van der Waals surface area contributed by atoms with Gasteiger partial charge in [-0.25, -0.2) is 4.98 Å². The van der Waals surface area contributed by atoms with E-state index in [0.717, 1.165) is 32.1 Å². The predicted octanol–water partition coefficient (Wildman–Crippen LogP) is 2.75. The summed E-state index contributed by atoms with van der Waals surface area (Å²) < 4.78 is 5.16. The molecule has 0 aliphatic rings. The summed E-state index contributed by atoms with van der Waals surface area (Å²) >= 11 is 0. The molecule has 20 heavy (non-hydrogen) atoms. The van der Waals surface area contributed by atoms with Crippen molar-refractivity contribution in [3.8, 4) is 0 Å². The summed E-state index contributed by atoms with van der Waals surface area (Å²) in [5.74, 6) is 1.06. The molecule has 0 bridgehead atoms. The van der Waals surface area contributed by atoms with E-state index in [2.05, 4.69) is 55.9 Å². The number of hydrogen-bond acceptors (Lipinski definition) is 4. The van der Waals surface area contributed by atoms with Gasteiger partial charge in [-0.05, 0) is 51.8 Å². The number of pyridine rings is 1. The molecule has 114 valence electrons. The fourth-order valence-electron chi connectivity index (χ4n) is 2.04. The van der Waals surface area contributed by atoms with E-state index in [4.69, 9.17) is 4.74 Å². The largest absolute Gasteiger partial charge is 0.383 e. The third-order valence-electron chi connectivity index (χ3n) is 3.18. The third-order valence-corrected chi connectivity index (χ3v) is 3.18. The molecular weight excluding hydrogens is 250 g/mol. The second kappa shape index (κ2) is 7.60. The highest BCUT2D eigenvalue weighted by Crippen LogP contribution is 2.18. The second-order valence-electron chi connectivity index (χ2n) is 6.16. The van der Waals surface area contributed by atoms with Crippen LogP contribution in [0.15, 0.2) is 12.3 Å². The van der Waals surface area contributed by atoms with Crippen molar-refractivity contribution in [1.82, 2.24) is 10.3 Å². The van der Waals surface area contributed by atoms with Gasteiger partial charge < -0.3 is 15.0 Å². The molecule has 1 N–H and O–H groups in total. The molecule has 1 rings (SSSR count). The predicted molar refractivity (Wildman–Crippen MR) is 85.3 cm³/mol. The van der Waals surface area contributed by atoms with Crippen molar-refractivity contribution in [2.24, 2.45) is 0 Å². The maximum atomic E-state index is 5.16. The number of aryl methyl sites for hydroxylation is 1. The fraction of sp³-hybridized carbons (Fsp3) is 0.688. The molecule has 0 amide bonds. The Morgan fingerprint density at radius 2 is 2.05 bits per heavy atom. The molecule has 0 aliphatic carbocycles. The zero-order valence-electron chi connectivity index (χ0n) is 13.8. The van der Waals surface area contributed by atoms with E-state index in [0.29, 0.717) is 0 Å². The number of anilines is 1. The summed E-state index contributed by atoms with van der Waals surface area (Å²) in [6.45, 7) is 14.2. The molecule has 4 heteroatoms. The molecule has 4 nitrogen and oxygen atoms in total. The summed E-state index contributed by atoms with van der Waals surface area (Å²) in [5.41, 5.74) is 2.57. The van der Waals surface area contributed by atoms with Gasteiger partial charge in [0.1, 0.15) is 5.82 Å². The highest BCUT2D eigenvalue weighted by atomic mass is 16.5. The lowest BCUT2D eigenvalue weighted by molar-refractivity contribution is 0.205. The number of rotatable bonds is 7. The van der Waals surface area contributed by atoms with Crippen molar-refractivity contribution in [2.75, 3.05) is 31.7 Å². The van der Waals surface area contributed by atoms with Crippen LogP contribution in [0, 0.1) is 6.92 Å². The summed E-state index contributed by atoms with van der Waals surface area (Å²) in [7, 11) is 1.73. The minimum atomic E-state index is 0.125. The van der Waals surface area contributed by atoms with Crippen LogP contribution in [0.1, 0.15) is 38.8 Å². The first-order chi connectivity index (χ1) is 9.37. The van der Waals surface area contributed by atoms with Gasteiger partial charge in [-0.2, -0.15) is 0 Å². The second-order valence-corrected chi connectivity index (χ2v) is 6.16. The Labute approximate surface area is 123 Å². The zero-order chi connectivity index (χ0) is 15.2. The fourth-order valence-corrected chi connectivity index (χ4v) is 2.04. The molecule has 1 heterocycles. The van der Waals surface area contributed by atoms with E-state index in [1.165, 1.54) is 11.1 Å². The molecule has 0 aromatic carbocycles. The summed E-state index contributed by atoms with van der Waals surface area (Å²) in [6, 6.07) is 2.22. The summed E-state index contributed by atoms with van der Waals surface area (Å²) in [4.78, 5) is 6.88.